The number of carbonyl (C=O) groups is 2. The van der Waals surface area contributed by atoms with Crippen LogP contribution in [-0.4, -0.2) is 31.9 Å². The lowest BCUT2D eigenvalue weighted by molar-refractivity contribution is 0.178. The highest BCUT2D eigenvalue weighted by molar-refractivity contribution is 5.92. The van der Waals surface area contributed by atoms with Crippen molar-refractivity contribution in [2.75, 3.05) is 29.6 Å². The summed E-state index contributed by atoms with van der Waals surface area (Å²) >= 11 is 0. The largest absolute Gasteiger partial charge is 0.447 e. The van der Waals surface area contributed by atoms with Crippen LogP contribution in [0.2, 0.25) is 0 Å². The van der Waals surface area contributed by atoms with Crippen molar-refractivity contribution in [3.05, 3.63) is 60.2 Å². The van der Waals surface area contributed by atoms with Crippen molar-refractivity contribution in [1.82, 2.24) is 0 Å². The molecule has 1 unspecified atom stereocenters. The van der Waals surface area contributed by atoms with Crippen molar-refractivity contribution < 1.29 is 19.1 Å². The van der Waals surface area contributed by atoms with E-state index in [1.54, 1.807) is 9.80 Å². The molecule has 0 N–H and O–H groups in total. The smallest absolute Gasteiger partial charge is 0.415 e. The second kappa shape index (κ2) is 5.88. The van der Waals surface area contributed by atoms with Crippen LogP contribution in [0.15, 0.2) is 54.6 Å². The van der Waals surface area contributed by atoms with E-state index in [0.29, 0.717) is 19.8 Å². The average Bonchev–Trinajstić information content (AvgIpc) is 3.22. The highest BCUT2D eigenvalue weighted by atomic mass is 16.6. The number of cyclic esters (lactones) is 2. The zero-order valence-corrected chi connectivity index (χ0v) is 12.9. The molecule has 1 atom stereocenters. The van der Waals surface area contributed by atoms with Gasteiger partial charge in [0.25, 0.3) is 0 Å². The average molecular weight is 324 g/mol. The lowest BCUT2D eigenvalue weighted by Gasteiger charge is -2.22. The molecular weight excluding hydrogens is 308 g/mol. The second-order valence-electron chi connectivity index (χ2n) is 5.66. The van der Waals surface area contributed by atoms with E-state index in [0.717, 1.165) is 16.9 Å². The lowest BCUT2D eigenvalue weighted by atomic mass is 10.1. The van der Waals surface area contributed by atoms with E-state index in [-0.39, 0.29) is 18.2 Å². The first kappa shape index (κ1) is 14.6. The van der Waals surface area contributed by atoms with Crippen LogP contribution in [0.5, 0.6) is 0 Å². The van der Waals surface area contributed by atoms with Crippen molar-refractivity contribution in [2.45, 2.75) is 6.04 Å². The molecule has 4 rings (SSSR count). The SMILES string of the molecule is O=C1OCCN1c1ccc(N2C(=O)OCC2c2ccccc2)cc1. The van der Waals surface area contributed by atoms with E-state index >= 15 is 0 Å². The molecule has 2 aromatic rings. The quantitative estimate of drug-likeness (QED) is 0.869. The summed E-state index contributed by atoms with van der Waals surface area (Å²) in [7, 11) is 0. The molecule has 2 saturated heterocycles. The molecule has 0 bridgehead atoms. The van der Waals surface area contributed by atoms with Crippen molar-refractivity contribution in [1.29, 1.82) is 0 Å². The Hall–Kier alpha value is -3.02. The van der Waals surface area contributed by atoms with Crippen LogP contribution in [0.3, 0.4) is 0 Å². The zero-order valence-electron chi connectivity index (χ0n) is 12.9. The summed E-state index contributed by atoms with van der Waals surface area (Å²) in [5, 5.41) is 0. The van der Waals surface area contributed by atoms with Gasteiger partial charge in [0.05, 0.1) is 12.6 Å². The fourth-order valence-electron chi connectivity index (χ4n) is 3.05. The number of anilines is 2. The van der Waals surface area contributed by atoms with Crippen LogP contribution in [0.25, 0.3) is 0 Å². The molecule has 24 heavy (non-hydrogen) atoms. The Balaban J connectivity index is 1.62. The highest BCUT2D eigenvalue weighted by Crippen LogP contribution is 2.34. The van der Waals surface area contributed by atoms with Gasteiger partial charge in [-0.2, -0.15) is 0 Å². The molecule has 2 heterocycles. The minimum Gasteiger partial charge on any atom is -0.447 e. The molecule has 0 saturated carbocycles. The van der Waals surface area contributed by atoms with E-state index in [2.05, 4.69) is 0 Å². The van der Waals surface area contributed by atoms with E-state index in [1.807, 2.05) is 54.6 Å². The number of hydrogen-bond donors (Lipinski definition) is 0. The summed E-state index contributed by atoms with van der Waals surface area (Å²) < 4.78 is 10.2. The van der Waals surface area contributed by atoms with Gasteiger partial charge in [-0.25, -0.2) is 9.59 Å². The maximum Gasteiger partial charge on any atom is 0.415 e. The molecule has 2 aliphatic rings. The zero-order chi connectivity index (χ0) is 16.5. The van der Waals surface area contributed by atoms with Crippen LogP contribution in [-0.2, 0) is 9.47 Å². The number of carbonyl (C=O) groups excluding carboxylic acids is 2. The summed E-state index contributed by atoms with van der Waals surface area (Å²) in [6.45, 7) is 1.26. The van der Waals surface area contributed by atoms with Crippen LogP contribution >= 0.6 is 0 Å². The van der Waals surface area contributed by atoms with Gasteiger partial charge in [-0.15, -0.1) is 0 Å². The molecule has 6 nitrogen and oxygen atoms in total. The molecular formula is C18H16N2O4. The van der Waals surface area contributed by atoms with Crippen LogP contribution in [0, 0.1) is 0 Å². The first-order valence-electron chi connectivity index (χ1n) is 7.79. The standard InChI is InChI=1S/C18H16N2O4/c21-17-19(10-11-23-17)14-6-8-15(9-7-14)20-16(12-24-18(20)22)13-4-2-1-3-5-13/h1-9,16H,10-12H2. The number of benzene rings is 2. The highest BCUT2D eigenvalue weighted by Gasteiger charge is 2.35. The third-order valence-corrected chi connectivity index (χ3v) is 4.26. The van der Waals surface area contributed by atoms with Crippen LogP contribution in [0.4, 0.5) is 21.0 Å². The molecule has 0 aliphatic carbocycles. The predicted octanol–water partition coefficient (Wildman–Crippen LogP) is 3.34. The van der Waals surface area contributed by atoms with Gasteiger partial charge in [0.15, 0.2) is 0 Å². The number of amides is 2. The van der Waals surface area contributed by atoms with Crippen molar-refractivity contribution >= 4 is 23.6 Å². The predicted molar refractivity (Wildman–Crippen MR) is 88.1 cm³/mol. The molecule has 2 fully saturated rings. The molecule has 0 aromatic heterocycles. The van der Waals surface area contributed by atoms with Crippen LogP contribution < -0.4 is 9.80 Å². The number of ether oxygens (including phenoxy) is 2. The number of hydrogen-bond acceptors (Lipinski definition) is 4. The number of nitrogens with zero attached hydrogens (tertiary/aromatic N) is 2. The van der Waals surface area contributed by atoms with E-state index in [4.69, 9.17) is 9.47 Å². The van der Waals surface area contributed by atoms with Gasteiger partial charge in [-0.1, -0.05) is 30.3 Å². The summed E-state index contributed by atoms with van der Waals surface area (Å²) in [6, 6.07) is 16.9. The molecule has 6 heteroatoms. The Bertz CT molecular complexity index is 760. The molecule has 2 aliphatic heterocycles. The Labute approximate surface area is 139 Å². The minimum atomic E-state index is -0.364. The van der Waals surface area contributed by atoms with Gasteiger partial charge in [-0.3, -0.25) is 9.80 Å². The first-order valence-corrected chi connectivity index (χ1v) is 7.79. The summed E-state index contributed by atoms with van der Waals surface area (Å²) in [5.74, 6) is 0. The molecule has 122 valence electrons. The van der Waals surface area contributed by atoms with Gasteiger partial charge in [-0.05, 0) is 29.8 Å². The topological polar surface area (TPSA) is 59.1 Å². The Morgan fingerprint density at radius 2 is 1.54 bits per heavy atom. The van der Waals surface area contributed by atoms with Gasteiger partial charge >= 0.3 is 12.2 Å². The minimum absolute atomic E-state index is 0.152. The Morgan fingerprint density at radius 3 is 2.21 bits per heavy atom. The van der Waals surface area contributed by atoms with Crippen molar-refractivity contribution in [2.24, 2.45) is 0 Å². The van der Waals surface area contributed by atoms with Gasteiger partial charge in [0.2, 0.25) is 0 Å². The summed E-state index contributed by atoms with van der Waals surface area (Å²) in [6.07, 6.45) is -0.706. The van der Waals surface area contributed by atoms with E-state index < -0.39 is 0 Å². The third-order valence-electron chi connectivity index (χ3n) is 4.26. The number of rotatable bonds is 3. The van der Waals surface area contributed by atoms with E-state index in [1.165, 1.54) is 0 Å². The Morgan fingerprint density at radius 1 is 0.833 bits per heavy atom. The summed E-state index contributed by atoms with van der Waals surface area (Å²) in [4.78, 5) is 27.0. The van der Waals surface area contributed by atoms with Gasteiger partial charge < -0.3 is 9.47 Å². The fourth-order valence-corrected chi connectivity index (χ4v) is 3.05. The normalized spacial score (nSPS) is 20.2. The first-order chi connectivity index (χ1) is 11.7. The lowest BCUT2D eigenvalue weighted by Crippen LogP contribution is -2.27. The maximum absolute atomic E-state index is 12.2. The van der Waals surface area contributed by atoms with Gasteiger partial charge in [0, 0.05) is 11.4 Å². The fraction of sp³-hybridized carbons (Fsp3) is 0.222. The third kappa shape index (κ3) is 2.46. The molecule has 2 amide bonds. The Kier molecular flexibility index (Phi) is 3.57. The molecule has 0 spiro atoms. The van der Waals surface area contributed by atoms with E-state index in [9.17, 15) is 9.59 Å². The molecule has 2 aromatic carbocycles. The van der Waals surface area contributed by atoms with Gasteiger partial charge in [0.1, 0.15) is 13.2 Å². The van der Waals surface area contributed by atoms with Crippen molar-refractivity contribution in [3.8, 4) is 0 Å². The summed E-state index contributed by atoms with van der Waals surface area (Å²) in [5.41, 5.74) is 2.52. The van der Waals surface area contributed by atoms with Crippen LogP contribution in [0.1, 0.15) is 11.6 Å². The maximum atomic E-state index is 12.2. The monoisotopic (exact) mass is 324 g/mol. The molecule has 0 radical (unpaired) electrons. The second-order valence-corrected chi connectivity index (χ2v) is 5.66. The van der Waals surface area contributed by atoms with Crippen molar-refractivity contribution in [3.63, 3.8) is 0 Å².